The molecule has 2 rings (SSSR count). The Morgan fingerprint density at radius 3 is 2.55 bits per heavy atom. The third-order valence-corrected chi connectivity index (χ3v) is 3.04. The van der Waals surface area contributed by atoms with Crippen molar-refractivity contribution in [3.8, 4) is 0 Å². The van der Waals surface area contributed by atoms with Gasteiger partial charge in [-0.25, -0.2) is 14.8 Å². The molecule has 0 aliphatic carbocycles. The Balaban J connectivity index is 2.26. The summed E-state index contributed by atoms with van der Waals surface area (Å²) in [7, 11) is 0. The summed E-state index contributed by atoms with van der Waals surface area (Å²) in [6.07, 6.45) is 0. The van der Waals surface area contributed by atoms with Gasteiger partial charge in [-0.1, -0.05) is 0 Å². The van der Waals surface area contributed by atoms with Crippen molar-refractivity contribution >= 4 is 11.8 Å². The highest BCUT2D eigenvalue weighted by Gasteiger charge is 2.16. The molecule has 6 heteroatoms. The standard InChI is InChI=1S/C14H17N3O3/c1-7-5-8(2)16-13(12(7)14(18)19)15-6-11-17-9(3)10(4)20-11/h5H,6H2,1-4H3,(H,15,16)(H,18,19). The predicted octanol–water partition coefficient (Wildman–Crippen LogP) is 2.61. The third-order valence-electron chi connectivity index (χ3n) is 3.04. The molecule has 6 nitrogen and oxygen atoms in total. The van der Waals surface area contributed by atoms with Crippen molar-refractivity contribution in [2.75, 3.05) is 5.32 Å². The van der Waals surface area contributed by atoms with Crippen LogP contribution in [-0.4, -0.2) is 21.0 Å². The minimum Gasteiger partial charge on any atom is -0.478 e. The van der Waals surface area contributed by atoms with Gasteiger partial charge in [0.15, 0.2) is 0 Å². The summed E-state index contributed by atoms with van der Waals surface area (Å²) >= 11 is 0. The number of aryl methyl sites for hydroxylation is 4. The van der Waals surface area contributed by atoms with Crippen molar-refractivity contribution in [1.29, 1.82) is 0 Å². The van der Waals surface area contributed by atoms with Crippen molar-refractivity contribution in [3.63, 3.8) is 0 Å². The van der Waals surface area contributed by atoms with Gasteiger partial charge in [-0.2, -0.15) is 0 Å². The molecular weight excluding hydrogens is 258 g/mol. The van der Waals surface area contributed by atoms with E-state index in [9.17, 15) is 9.90 Å². The monoisotopic (exact) mass is 275 g/mol. The van der Waals surface area contributed by atoms with Crippen LogP contribution in [0.1, 0.15) is 39.0 Å². The first kappa shape index (κ1) is 14.0. The van der Waals surface area contributed by atoms with Gasteiger partial charge in [0.1, 0.15) is 17.1 Å². The van der Waals surface area contributed by atoms with E-state index in [4.69, 9.17) is 4.42 Å². The van der Waals surface area contributed by atoms with Crippen LogP contribution in [0.3, 0.4) is 0 Å². The quantitative estimate of drug-likeness (QED) is 0.891. The lowest BCUT2D eigenvalue weighted by Crippen LogP contribution is -2.11. The highest BCUT2D eigenvalue weighted by atomic mass is 16.4. The molecule has 0 unspecified atom stereocenters. The van der Waals surface area contributed by atoms with E-state index in [2.05, 4.69) is 15.3 Å². The van der Waals surface area contributed by atoms with E-state index < -0.39 is 5.97 Å². The Morgan fingerprint density at radius 2 is 2.00 bits per heavy atom. The average Bonchev–Trinajstić information content (AvgIpc) is 2.64. The second-order valence-electron chi connectivity index (χ2n) is 4.71. The van der Waals surface area contributed by atoms with Gasteiger partial charge >= 0.3 is 5.97 Å². The lowest BCUT2D eigenvalue weighted by Gasteiger charge is -2.10. The SMILES string of the molecule is Cc1cc(C)c(C(=O)O)c(NCc2nc(C)c(C)o2)n1. The van der Waals surface area contributed by atoms with Crippen LogP contribution in [0.25, 0.3) is 0 Å². The zero-order valence-electron chi connectivity index (χ0n) is 11.9. The van der Waals surface area contributed by atoms with Crippen molar-refractivity contribution < 1.29 is 14.3 Å². The van der Waals surface area contributed by atoms with E-state index in [-0.39, 0.29) is 5.56 Å². The van der Waals surface area contributed by atoms with Gasteiger partial charge in [-0.05, 0) is 39.3 Å². The van der Waals surface area contributed by atoms with Crippen LogP contribution in [-0.2, 0) is 6.54 Å². The topological polar surface area (TPSA) is 88.2 Å². The fourth-order valence-corrected chi connectivity index (χ4v) is 2.01. The van der Waals surface area contributed by atoms with E-state index in [1.54, 1.807) is 13.0 Å². The number of hydrogen-bond acceptors (Lipinski definition) is 5. The van der Waals surface area contributed by atoms with Crippen LogP contribution in [0.15, 0.2) is 10.5 Å². The Kier molecular flexibility index (Phi) is 3.74. The Labute approximate surface area is 116 Å². The van der Waals surface area contributed by atoms with Crippen molar-refractivity contribution in [2.24, 2.45) is 0 Å². The minimum atomic E-state index is -1.00. The van der Waals surface area contributed by atoms with E-state index in [0.29, 0.717) is 23.8 Å². The molecule has 0 fully saturated rings. The van der Waals surface area contributed by atoms with E-state index in [1.807, 2.05) is 20.8 Å². The number of carbonyl (C=O) groups is 1. The molecule has 0 aromatic carbocycles. The number of oxazole rings is 1. The summed E-state index contributed by atoms with van der Waals surface area (Å²) in [4.78, 5) is 19.8. The molecule has 20 heavy (non-hydrogen) atoms. The highest BCUT2D eigenvalue weighted by Crippen LogP contribution is 2.19. The van der Waals surface area contributed by atoms with Crippen molar-refractivity contribution in [3.05, 3.63) is 40.2 Å². The smallest absolute Gasteiger partial charge is 0.339 e. The summed E-state index contributed by atoms with van der Waals surface area (Å²) in [5, 5.41) is 12.2. The zero-order chi connectivity index (χ0) is 14.9. The molecule has 0 bridgehead atoms. The number of hydrogen-bond donors (Lipinski definition) is 2. The van der Waals surface area contributed by atoms with Gasteiger partial charge in [-0.15, -0.1) is 0 Å². The maximum absolute atomic E-state index is 11.3. The second-order valence-corrected chi connectivity index (χ2v) is 4.71. The van der Waals surface area contributed by atoms with Crippen LogP contribution in [0.5, 0.6) is 0 Å². The van der Waals surface area contributed by atoms with Gasteiger partial charge in [-0.3, -0.25) is 0 Å². The first-order valence-corrected chi connectivity index (χ1v) is 6.26. The highest BCUT2D eigenvalue weighted by molar-refractivity contribution is 5.94. The number of pyridine rings is 1. The summed E-state index contributed by atoms with van der Waals surface area (Å²) in [6, 6.07) is 1.74. The fraction of sp³-hybridized carbons (Fsp3) is 0.357. The number of aromatic carboxylic acids is 1. The number of aromatic nitrogens is 2. The lowest BCUT2D eigenvalue weighted by molar-refractivity contribution is 0.0696. The second kappa shape index (κ2) is 5.32. The Bertz CT molecular complexity index is 642. The normalized spacial score (nSPS) is 10.6. The van der Waals surface area contributed by atoms with Crippen molar-refractivity contribution in [1.82, 2.24) is 9.97 Å². The van der Waals surface area contributed by atoms with Crippen LogP contribution >= 0.6 is 0 Å². The Hall–Kier alpha value is -2.37. The number of nitrogens with zero attached hydrogens (tertiary/aromatic N) is 2. The van der Waals surface area contributed by atoms with Crippen LogP contribution in [0.4, 0.5) is 5.82 Å². The lowest BCUT2D eigenvalue weighted by atomic mass is 10.1. The molecule has 2 heterocycles. The maximum Gasteiger partial charge on any atom is 0.339 e. The maximum atomic E-state index is 11.3. The molecule has 106 valence electrons. The molecule has 0 radical (unpaired) electrons. The van der Waals surface area contributed by atoms with Gasteiger partial charge in [0, 0.05) is 5.69 Å². The van der Waals surface area contributed by atoms with Crippen LogP contribution in [0, 0.1) is 27.7 Å². The Morgan fingerprint density at radius 1 is 1.30 bits per heavy atom. The summed E-state index contributed by atoms with van der Waals surface area (Å²) in [6.45, 7) is 7.57. The number of rotatable bonds is 4. The fourth-order valence-electron chi connectivity index (χ4n) is 2.01. The van der Waals surface area contributed by atoms with Gasteiger partial charge in [0.05, 0.1) is 12.2 Å². The van der Waals surface area contributed by atoms with E-state index >= 15 is 0 Å². The van der Waals surface area contributed by atoms with E-state index in [1.165, 1.54) is 0 Å². The number of carboxylic acids is 1. The van der Waals surface area contributed by atoms with Crippen LogP contribution in [0.2, 0.25) is 0 Å². The summed E-state index contributed by atoms with van der Waals surface area (Å²) in [5.41, 5.74) is 2.44. The molecule has 0 atom stereocenters. The van der Waals surface area contributed by atoms with Crippen LogP contribution < -0.4 is 5.32 Å². The van der Waals surface area contributed by atoms with Gasteiger partial charge in [0.2, 0.25) is 5.89 Å². The molecule has 0 saturated heterocycles. The third kappa shape index (κ3) is 2.79. The number of anilines is 1. The molecule has 2 aromatic rings. The predicted molar refractivity (Wildman–Crippen MR) is 74.0 cm³/mol. The number of nitrogens with one attached hydrogen (secondary N) is 1. The molecule has 2 aromatic heterocycles. The average molecular weight is 275 g/mol. The largest absolute Gasteiger partial charge is 0.478 e. The molecule has 0 amide bonds. The van der Waals surface area contributed by atoms with Gasteiger partial charge in [0.25, 0.3) is 0 Å². The first-order valence-electron chi connectivity index (χ1n) is 6.26. The summed E-state index contributed by atoms with van der Waals surface area (Å²) in [5.74, 6) is 0.603. The number of carboxylic acid groups (broad SMARTS) is 1. The molecule has 2 N–H and O–H groups in total. The molecular formula is C14H17N3O3. The first-order chi connectivity index (χ1) is 9.38. The molecule has 0 aliphatic heterocycles. The molecule has 0 spiro atoms. The molecule has 0 aliphatic rings. The zero-order valence-corrected chi connectivity index (χ0v) is 11.9. The van der Waals surface area contributed by atoms with Gasteiger partial charge < -0.3 is 14.8 Å². The van der Waals surface area contributed by atoms with Crippen molar-refractivity contribution in [2.45, 2.75) is 34.2 Å². The molecule has 0 saturated carbocycles. The van der Waals surface area contributed by atoms with E-state index in [0.717, 1.165) is 17.1 Å². The minimum absolute atomic E-state index is 0.176. The summed E-state index contributed by atoms with van der Waals surface area (Å²) < 4.78 is 5.45.